The predicted molar refractivity (Wildman–Crippen MR) is 127 cm³/mol. The van der Waals surface area contributed by atoms with Gasteiger partial charge in [0.15, 0.2) is 11.5 Å². The van der Waals surface area contributed by atoms with Crippen molar-refractivity contribution in [2.45, 2.75) is 17.4 Å². The van der Waals surface area contributed by atoms with Gasteiger partial charge in [-0.25, -0.2) is 18.4 Å². The Kier molecular flexibility index (Phi) is 5.61. The Hall–Kier alpha value is -2.92. The molecule has 1 saturated heterocycles. The van der Waals surface area contributed by atoms with Crippen molar-refractivity contribution in [1.82, 2.24) is 20.2 Å². The highest BCUT2D eigenvalue weighted by Gasteiger charge is 2.25. The Morgan fingerprint density at radius 2 is 1.91 bits per heavy atom. The lowest BCUT2D eigenvalue weighted by molar-refractivity contribution is 0.198. The van der Waals surface area contributed by atoms with E-state index in [1.165, 1.54) is 18.2 Å². The first-order valence-electron chi connectivity index (χ1n) is 10.0. The van der Waals surface area contributed by atoms with E-state index in [1.54, 1.807) is 30.5 Å². The zero-order valence-electron chi connectivity index (χ0n) is 17.0. The molecule has 2 aromatic carbocycles. The minimum absolute atomic E-state index is 0.0735. The largest absolute Gasteiger partial charge is 0.391 e. The van der Waals surface area contributed by atoms with Crippen LogP contribution in [0.2, 0.25) is 10.0 Å². The third-order valence-corrected chi connectivity index (χ3v) is 7.43. The molecule has 0 spiro atoms. The van der Waals surface area contributed by atoms with Crippen LogP contribution in [0.5, 0.6) is 0 Å². The third kappa shape index (κ3) is 4.34. The molecule has 0 saturated carbocycles. The average molecular weight is 505 g/mol. The number of H-pyrrole nitrogens is 1. The number of nitrogens with zero attached hydrogens (tertiary/aromatic N) is 4. The molecule has 1 fully saturated rings. The van der Waals surface area contributed by atoms with E-state index in [-0.39, 0.29) is 14.9 Å². The van der Waals surface area contributed by atoms with Gasteiger partial charge >= 0.3 is 0 Å². The summed E-state index contributed by atoms with van der Waals surface area (Å²) in [6, 6.07) is 10.9. The molecule has 0 radical (unpaired) electrons. The maximum Gasteiger partial charge on any atom is 0.263 e. The SMILES string of the molecule is O=S(=O)(Nc1ccc(-c2nc(N3CCC(O)C3)c3cn[nH]c3n2)cc1)c1cc(Cl)ccc1Cl. The van der Waals surface area contributed by atoms with E-state index in [9.17, 15) is 13.5 Å². The van der Waals surface area contributed by atoms with Gasteiger partial charge in [0.1, 0.15) is 10.7 Å². The number of anilines is 2. The van der Waals surface area contributed by atoms with Crippen LogP contribution in [-0.2, 0) is 10.0 Å². The fraction of sp³-hybridized carbons (Fsp3) is 0.190. The monoisotopic (exact) mass is 504 g/mol. The number of hydrogen-bond acceptors (Lipinski definition) is 7. The van der Waals surface area contributed by atoms with Gasteiger partial charge in [-0.05, 0) is 48.9 Å². The lowest BCUT2D eigenvalue weighted by Crippen LogP contribution is -2.22. The Balaban J connectivity index is 1.45. The fourth-order valence-corrected chi connectivity index (χ4v) is 5.53. The van der Waals surface area contributed by atoms with E-state index < -0.39 is 16.1 Å². The molecule has 2 aromatic heterocycles. The molecule has 1 atom stereocenters. The van der Waals surface area contributed by atoms with Crippen LogP contribution < -0.4 is 9.62 Å². The first-order valence-corrected chi connectivity index (χ1v) is 12.3. The van der Waals surface area contributed by atoms with E-state index in [0.29, 0.717) is 48.1 Å². The number of β-amino-alcohol motifs (C(OH)–C–C–N with tert-alkyl or cyclic N) is 1. The van der Waals surface area contributed by atoms with E-state index in [2.05, 4.69) is 19.9 Å². The van der Waals surface area contributed by atoms with Gasteiger partial charge in [0.25, 0.3) is 10.0 Å². The first-order chi connectivity index (χ1) is 15.8. The number of fused-ring (bicyclic) bond motifs is 1. The van der Waals surface area contributed by atoms with Crippen LogP contribution in [-0.4, -0.2) is 52.9 Å². The van der Waals surface area contributed by atoms with Crippen molar-refractivity contribution in [3.8, 4) is 11.4 Å². The number of halogens is 2. The number of benzene rings is 2. The summed E-state index contributed by atoms with van der Waals surface area (Å²) < 4.78 is 28.0. The van der Waals surface area contributed by atoms with Gasteiger partial charge in [-0.1, -0.05) is 23.2 Å². The molecule has 1 aliphatic heterocycles. The maximum atomic E-state index is 12.7. The second kappa shape index (κ2) is 8.45. The number of hydrogen-bond donors (Lipinski definition) is 3. The van der Waals surface area contributed by atoms with Crippen molar-refractivity contribution in [3.63, 3.8) is 0 Å². The molecule has 5 rings (SSSR count). The number of aliphatic hydroxyl groups excluding tert-OH is 1. The molecule has 0 bridgehead atoms. The van der Waals surface area contributed by atoms with Gasteiger partial charge in [0.2, 0.25) is 0 Å². The van der Waals surface area contributed by atoms with Crippen LogP contribution in [0.3, 0.4) is 0 Å². The zero-order valence-corrected chi connectivity index (χ0v) is 19.4. The highest BCUT2D eigenvalue weighted by molar-refractivity contribution is 7.92. The summed E-state index contributed by atoms with van der Waals surface area (Å²) in [4.78, 5) is 11.1. The number of aromatic nitrogens is 4. The minimum atomic E-state index is -3.93. The highest BCUT2D eigenvalue weighted by Crippen LogP contribution is 2.30. The van der Waals surface area contributed by atoms with Gasteiger partial charge in [0.05, 0.1) is 22.7 Å². The molecule has 1 unspecified atom stereocenters. The summed E-state index contributed by atoms with van der Waals surface area (Å²) in [5, 5.41) is 18.0. The van der Waals surface area contributed by atoms with Crippen LogP contribution in [0.25, 0.3) is 22.4 Å². The second-order valence-corrected chi connectivity index (χ2v) is 10.1. The van der Waals surface area contributed by atoms with Crippen molar-refractivity contribution in [2.24, 2.45) is 0 Å². The number of nitrogens with one attached hydrogen (secondary N) is 2. The van der Waals surface area contributed by atoms with Gasteiger partial charge in [0, 0.05) is 29.4 Å². The molecule has 9 nitrogen and oxygen atoms in total. The zero-order chi connectivity index (χ0) is 23.2. The summed E-state index contributed by atoms with van der Waals surface area (Å²) in [6.45, 7) is 1.17. The molecule has 0 amide bonds. The van der Waals surface area contributed by atoms with Crippen LogP contribution >= 0.6 is 23.2 Å². The van der Waals surface area contributed by atoms with Crippen LogP contribution in [0.4, 0.5) is 11.5 Å². The van der Waals surface area contributed by atoms with Crippen molar-refractivity contribution in [1.29, 1.82) is 0 Å². The van der Waals surface area contributed by atoms with E-state index in [4.69, 9.17) is 28.2 Å². The van der Waals surface area contributed by atoms with E-state index in [1.807, 2.05) is 4.90 Å². The van der Waals surface area contributed by atoms with Crippen molar-refractivity contribution < 1.29 is 13.5 Å². The summed E-state index contributed by atoms with van der Waals surface area (Å²) in [7, 11) is -3.93. The lowest BCUT2D eigenvalue weighted by atomic mass is 10.2. The smallest absolute Gasteiger partial charge is 0.263 e. The normalized spacial score (nSPS) is 16.5. The molecule has 0 aliphatic carbocycles. The molecule has 1 aliphatic rings. The van der Waals surface area contributed by atoms with Crippen LogP contribution in [0, 0.1) is 0 Å². The highest BCUT2D eigenvalue weighted by atomic mass is 35.5. The number of sulfonamides is 1. The quantitative estimate of drug-likeness (QED) is 0.378. The third-order valence-electron chi connectivity index (χ3n) is 5.33. The second-order valence-electron chi connectivity index (χ2n) is 7.65. The summed E-state index contributed by atoms with van der Waals surface area (Å²) in [5.41, 5.74) is 1.62. The molecule has 3 heterocycles. The summed E-state index contributed by atoms with van der Waals surface area (Å²) >= 11 is 12.0. The van der Waals surface area contributed by atoms with E-state index >= 15 is 0 Å². The van der Waals surface area contributed by atoms with Crippen molar-refractivity contribution in [2.75, 3.05) is 22.7 Å². The number of rotatable bonds is 5. The predicted octanol–water partition coefficient (Wildman–Crippen LogP) is 3.70. The van der Waals surface area contributed by atoms with Crippen molar-refractivity contribution in [3.05, 3.63) is 58.7 Å². The molecule has 3 N–H and O–H groups in total. The maximum absolute atomic E-state index is 12.7. The average Bonchev–Trinajstić information content (AvgIpc) is 3.44. The topological polar surface area (TPSA) is 124 Å². The summed E-state index contributed by atoms with van der Waals surface area (Å²) in [6.07, 6.45) is 1.94. The van der Waals surface area contributed by atoms with Crippen molar-refractivity contribution >= 4 is 55.8 Å². The molecular formula is C21H18Cl2N6O3S. The molecular weight excluding hydrogens is 487 g/mol. The van der Waals surface area contributed by atoms with E-state index in [0.717, 1.165) is 5.39 Å². The first kappa shape index (κ1) is 21.9. The standard InChI is InChI=1S/C21H18Cl2N6O3S/c22-13-3-6-17(23)18(9-13)33(31,32)28-14-4-1-12(2-5-14)19-25-20-16(10-24-27-20)21(26-19)29-8-7-15(30)11-29/h1-6,9-10,15,28,30H,7-8,11H2,(H,24,25,26,27). The molecule has 33 heavy (non-hydrogen) atoms. The van der Waals surface area contributed by atoms with Gasteiger partial charge < -0.3 is 10.0 Å². The van der Waals surface area contributed by atoms with Crippen LogP contribution in [0.1, 0.15) is 6.42 Å². The Bertz CT molecular complexity index is 1440. The Morgan fingerprint density at radius 1 is 1.12 bits per heavy atom. The lowest BCUT2D eigenvalue weighted by Gasteiger charge is -2.18. The van der Waals surface area contributed by atoms with Gasteiger partial charge in [-0.2, -0.15) is 5.10 Å². The van der Waals surface area contributed by atoms with Crippen LogP contribution in [0.15, 0.2) is 53.6 Å². The number of aromatic amines is 1. The minimum Gasteiger partial charge on any atom is -0.391 e. The molecule has 4 aromatic rings. The van der Waals surface area contributed by atoms with Gasteiger partial charge in [-0.3, -0.25) is 9.82 Å². The van der Waals surface area contributed by atoms with Gasteiger partial charge in [-0.15, -0.1) is 0 Å². The Morgan fingerprint density at radius 3 is 2.64 bits per heavy atom. The molecule has 12 heteroatoms. The fourth-order valence-electron chi connectivity index (χ4n) is 3.70. The number of aliphatic hydroxyl groups is 1. The Labute approximate surface area is 199 Å². The summed E-state index contributed by atoms with van der Waals surface area (Å²) in [5.74, 6) is 1.15. The molecule has 170 valence electrons.